The summed E-state index contributed by atoms with van der Waals surface area (Å²) in [7, 11) is 1.84. The molecule has 0 aliphatic carbocycles. The molecule has 1 N–H and O–H groups in total. The van der Waals surface area contributed by atoms with E-state index in [0.717, 1.165) is 48.2 Å². The summed E-state index contributed by atoms with van der Waals surface area (Å²) in [6.07, 6.45) is 1.85. The second-order valence-electron chi connectivity index (χ2n) is 9.59. The minimum absolute atomic E-state index is 0.0996. The Morgan fingerprint density at radius 3 is 2.47 bits per heavy atom. The fourth-order valence-electron chi connectivity index (χ4n) is 4.64. The summed E-state index contributed by atoms with van der Waals surface area (Å²) >= 11 is 0. The van der Waals surface area contributed by atoms with E-state index in [1.807, 2.05) is 25.8 Å². The number of nitrogens with one attached hydrogen (secondary N) is 1. The molecule has 11 heteroatoms. The molecule has 1 aliphatic rings. The number of benzene rings is 2. The van der Waals surface area contributed by atoms with Gasteiger partial charge in [-0.2, -0.15) is 18.3 Å². The molecule has 38 heavy (non-hydrogen) atoms. The average molecular weight is 524 g/mol. The zero-order valence-electron chi connectivity index (χ0n) is 21.4. The second-order valence-corrected chi connectivity index (χ2v) is 9.59. The maximum Gasteiger partial charge on any atom is 0.416 e. The van der Waals surface area contributed by atoms with Crippen LogP contribution in [0.4, 0.5) is 24.5 Å². The molecule has 0 radical (unpaired) electrons. The summed E-state index contributed by atoms with van der Waals surface area (Å²) in [4.78, 5) is 15.1. The first-order valence-corrected chi connectivity index (χ1v) is 12.4. The van der Waals surface area contributed by atoms with Gasteiger partial charge in [-0.05, 0) is 69.0 Å². The molecule has 5 rings (SSSR count). The molecule has 3 heterocycles. The maximum atomic E-state index is 13.7. The Bertz CT molecular complexity index is 1480. The number of piperidine rings is 1. The molecule has 2 aromatic heterocycles. The van der Waals surface area contributed by atoms with E-state index in [4.69, 9.17) is 0 Å². The van der Waals surface area contributed by atoms with Crippen molar-refractivity contribution < 1.29 is 18.0 Å². The number of amides is 1. The van der Waals surface area contributed by atoms with Gasteiger partial charge in [-0.3, -0.25) is 9.48 Å². The number of aryl methyl sites for hydroxylation is 2. The molecule has 0 saturated carbocycles. The molecule has 4 aromatic rings. The van der Waals surface area contributed by atoms with Crippen LogP contribution in [-0.2, 0) is 13.2 Å². The standard InChI is InChI=1S/C27H28F3N7O/c1-17-7-8-19(11-25(17)37-16-24(33-34-37)23-15-31-35(3)18(23)2)26(38)32-21-12-20(27(28,29)30)13-22(14-21)36-9-5-4-6-10-36/h7-8,11-16H,4-6,9-10H2,1-3H3,(H,32,38). The third-order valence-electron chi connectivity index (χ3n) is 6.95. The highest BCUT2D eigenvalue weighted by Crippen LogP contribution is 2.35. The van der Waals surface area contributed by atoms with Crippen LogP contribution in [0.15, 0.2) is 48.8 Å². The van der Waals surface area contributed by atoms with Crippen LogP contribution in [0.5, 0.6) is 0 Å². The highest BCUT2D eigenvalue weighted by atomic mass is 19.4. The summed E-state index contributed by atoms with van der Waals surface area (Å²) < 4.78 is 44.3. The first-order valence-electron chi connectivity index (χ1n) is 12.4. The van der Waals surface area contributed by atoms with Crippen molar-refractivity contribution in [3.8, 4) is 16.9 Å². The van der Waals surface area contributed by atoms with Crippen molar-refractivity contribution in [1.29, 1.82) is 0 Å². The van der Waals surface area contributed by atoms with Gasteiger partial charge >= 0.3 is 6.18 Å². The van der Waals surface area contributed by atoms with Crippen molar-refractivity contribution >= 4 is 17.3 Å². The van der Waals surface area contributed by atoms with Gasteiger partial charge in [0.1, 0.15) is 5.69 Å². The predicted octanol–water partition coefficient (Wildman–Crippen LogP) is 5.55. The fraction of sp³-hybridized carbons (Fsp3) is 0.333. The van der Waals surface area contributed by atoms with Crippen molar-refractivity contribution in [1.82, 2.24) is 24.8 Å². The lowest BCUT2D eigenvalue weighted by Crippen LogP contribution is -2.29. The van der Waals surface area contributed by atoms with Gasteiger partial charge in [0, 0.05) is 48.3 Å². The molecular formula is C27H28F3N7O. The second kappa shape index (κ2) is 9.96. The van der Waals surface area contributed by atoms with Crippen molar-refractivity contribution in [2.75, 3.05) is 23.3 Å². The molecule has 0 spiro atoms. The lowest BCUT2D eigenvalue weighted by atomic mass is 10.1. The molecule has 0 atom stereocenters. The minimum Gasteiger partial charge on any atom is -0.371 e. The molecule has 198 valence electrons. The van der Waals surface area contributed by atoms with Crippen LogP contribution in [-0.4, -0.2) is 43.8 Å². The summed E-state index contributed by atoms with van der Waals surface area (Å²) in [6.45, 7) is 5.19. The molecule has 1 aliphatic heterocycles. The Labute approximate surface area is 218 Å². The van der Waals surface area contributed by atoms with Crippen LogP contribution >= 0.6 is 0 Å². The number of anilines is 2. The third-order valence-corrected chi connectivity index (χ3v) is 6.95. The number of carbonyl (C=O) groups excluding carboxylic acids is 1. The van der Waals surface area contributed by atoms with Gasteiger partial charge < -0.3 is 10.2 Å². The molecule has 8 nitrogen and oxygen atoms in total. The number of aromatic nitrogens is 5. The van der Waals surface area contributed by atoms with Crippen LogP contribution in [0.2, 0.25) is 0 Å². The highest BCUT2D eigenvalue weighted by molar-refractivity contribution is 6.05. The normalized spacial score (nSPS) is 14.1. The topological polar surface area (TPSA) is 80.9 Å². The van der Waals surface area contributed by atoms with Crippen molar-refractivity contribution in [3.05, 3.63) is 71.2 Å². The van der Waals surface area contributed by atoms with E-state index < -0.39 is 17.6 Å². The summed E-state index contributed by atoms with van der Waals surface area (Å²) in [5.41, 5.74) is 3.97. The Morgan fingerprint density at radius 2 is 1.79 bits per heavy atom. The van der Waals surface area contributed by atoms with Gasteiger partial charge in [0.2, 0.25) is 0 Å². The zero-order chi connectivity index (χ0) is 27.0. The predicted molar refractivity (Wildman–Crippen MR) is 138 cm³/mol. The number of halogens is 3. The summed E-state index contributed by atoms with van der Waals surface area (Å²) in [5.74, 6) is -0.515. The molecule has 2 aromatic carbocycles. The van der Waals surface area contributed by atoms with Crippen LogP contribution in [0.1, 0.15) is 46.4 Å². The molecule has 1 amide bonds. The number of hydrogen-bond acceptors (Lipinski definition) is 5. The molecule has 0 bridgehead atoms. The zero-order valence-corrected chi connectivity index (χ0v) is 21.4. The first-order chi connectivity index (χ1) is 18.1. The average Bonchev–Trinajstić information content (AvgIpc) is 3.50. The Morgan fingerprint density at radius 1 is 1.03 bits per heavy atom. The van der Waals surface area contributed by atoms with Crippen molar-refractivity contribution in [2.45, 2.75) is 39.3 Å². The van der Waals surface area contributed by atoms with E-state index in [9.17, 15) is 18.0 Å². The van der Waals surface area contributed by atoms with Crippen LogP contribution in [0.3, 0.4) is 0 Å². The fourth-order valence-corrected chi connectivity index (χ4v) is 4.64. The highest BCUT2D eigenvalue weighted by Gasteiger charge is 2.32. The maximum absolute atomic E-state index is 13.7. The van der Waals surface area contributed by atoms with E-state index in [0.29, 0.717) is 30.2 Å². The van der Waals surface area contributed by atoms with E-state index in [1.165, 1.54) is 0 Å². The minimum atomic E-state index is -4.53. The van der Waals surface area contributed by atoms with E-state index in [1.54, 1.807) is 46.0 Å². The summed E-state index contributed by atoms with van der Waals surface area (Å²) in [6, 6.07) is 8.78. The third kappa shape index (κ3) is 5.13. The number of nitrogens with zero attached hydrogens (tertiary/aromatic N) is 6. The lowest BCUT2D eigenvalue weighted by Gasteiger charge is -2.29. The van der Waals surface area contributed by atoms with E-state index in [2.05, 4.69) is 20.7 Å². The quantitative estimate of drug-likeness (QED) is 0.371. The van der Waals surface area contributed by atoms with Gasteiger partial charge in [0.25, 0.3) is 5.91 Å². The molecule has 1 fully saturated rings. The lowest BCUT2D eigenvalue weighted by molar-refractivity contribution is -0.137. The smallest absolute Gasteiger partial charge is 0.371 e. The van der Waals surface area contributed by atoms with Gasteiger partial charge in [0.05, 0.1) is 23.6 Å². The van der Waals surface area contributed by atoms with Gasteiger partial charge in [-0.1, -0.05) is 11.3 Å². The van der Waals surface area contributed by atoms with E-state index >= 15 is 0 Å². The number of carbonyl (C=O) groups is 1. The molecule has 1 saturated heterocycles. The number of hydrogen-bond donors (Lipinski definition) is 1. The van der Waals surface area contributed by atoms with E-state index in [-0.39, 0.29) is 11.3 Å². The molecular weight excluding hydrogens is 495 g/mol. The van der Waals surface area contributed by atoms with Crippen molar-refractivity contribution in [3.63, 3.8) is 0 Å². The number of rotatable bonds is 5. The summed E-state index contributed by atoms with van der Waals surface area (Å²) in [5, 5.41) is 15.4. The Kier molecular flexibility index (Phi) is 6.68. The van der Waals surface area contributed by atoms with Crippen LogP contribution in [0, 0.1) is 13.8 Å². The van der Waals surface area contributed by atoms with Crippen molar-refractivity contribution in [2.24, 2.45) is 7.05 Å². The number of alkyl halides is 3. The van der Waals surface area contributed by atoms with Crippen LogP contribution < -0.4 is 10.2 Å². The van der Waals surface area contributed by atoms with Crippen LogP contribution in [0.25, 0.3) is 16.9 Å². The van der Waals surface area contributed by atoms with Gasteiger partial charge in [0.15, 0.2) is 0 Å². The van der Waals surface area contributed by atoms with Gasteiger partial charge in [-0.25, -0.2) is 4.68 Å². The Hall–Kier alpha value is -4.15. The first kappa shape index (κ1) is 25.5. The Balaban J connectivity index is 1.43. The molecule has 0 unspecified atom stereocenters. The van der Waals surface area contributed by atoms with Gasteiger partial charge in [-0.15, -0.1) is 5.10 Å². The SMILES string of the molecule is Cc1ccc(C(=O)Nc2cc(N3CCCCC3)cc(C(F)(F)F)c2)cc1-n1cc(-c2cnn(C)c2C)nn1. The largest absolute Gasteiger partial charge is 0.416 e. The monoisotopic (exact) mass is 523 g/mol.